The average molecular weight is 785 g/mol. The Morgan fingerprint density at radius 2 is 0.828 bits per heavy atom. The van der Waals surface area contributed by atoms with Gasteiger partial charge in [-0.15, -0.1) is 0 Å². The summed E-state index contributed by atoms with van der Waals surface area (Å²) >= 11 is 0. The van der Waals surface area contributed by atoms with Crippen LogP contribution < -0.4 is 30.7 Å². The molecule has 0 atom stereocenters. The van der Waals surface area contributed by atoms with Crippen LogP contribution in [0.4, 0.5) is 32.9 Å². The van der Waals surface area contributed by atoms with Crippen LogP contribution in [0.2, 0.25) is 0 Å². The third-order valence-electron chi connectivity index (χ3n) is 8.39. The van der Waals surface area contributed by atoms with Gasteiger partial charge in [-0.2, -0.15) is 0 Å². The predicted molar refractivity (Wildman–Crippen MR) is 224 cm³/mol. The van der Waals surface area contributed by atoms with Crippen LogP contribution in [-0.4, -0.2) is 59.4 Å². The number of fused-ring (bicyclic) bond motifs is 2. The maximum Gasteiger partial charge on any atom is 0.413 e. The lowest BCUT2D eigenvalue weighted by Gasteiger charge is -2.22. The number of aromatic nitrogens is 2. The van der Waals surface area contributed by atoms with E-state index in [1.807, 2.05) is 48.5 Å². The van der Waals surface area contributed by atoms with Gasteiger partial charge in [0.15, 0.2) is 0 Å². The number of nitrogens with zero attached hydrogens (tertiary/aromatic N) is 2. The quantitative estimate of drug-likeness (QED) is 0.110. The Kier molecular flexibility index (Phi) is 11.5. The lowest BCUT2D eigenvalue weighted by molar-refractivity contribution is 0.0624. The summed E-state index contributed by atoms with van der Waals surface area (Å²) in [7, 11) is 2.92. The van der Waals surface area contributed by atoms with E-state index in [1.165, 1.54) is 14.2 Å². The van der Waals surface area contributed by atoms with Crippen molar-refractivity contribution in [2.45, 2.75) is 52.7 Å². The number of amides is 4. The van der Waals surface area contributed by atoms with Gasteiger partial charge in [-0.3, -0.25) is 20.2 Å². The lowest BCUT2D eigenvalue weighted by Crippen LogP contribution is -2.27. The van der Waals surface area contributed by atoms with E-state index in [1.54, 1.807) is 90.1 Å². The fourth-order valence-corrected chi connectivity index (χ4v) is 6.25. The van der Waals surface area contributed by atoms with Gasteiger partial charge in [0.2, 0.25) is 0 Å². The van der Waals surface area contributed by atoms with Crippen molar-refractivity contribution in [2.75, 3.05) is 35.5 Å². The molecule has 2 aromatic heterocycles. The smallest absolute Gasteiger partial charge is 0.413 e. The Hall–Kier alpha value is -7.22. The van der Waals surface area contributed by atoms with E-state index in [4.69, 9.17) is 18.9 Å². The van der Waals surface area contributed by atoms with Gasteiger partial charge in [-0.25, -0.2) is 19.6 Å². The molecule has 6 aromatic rings. The molecule has 0 spiro atoms. The number of carbonyl (C=O) groups excluding carboxylic acids is 4. The van der Waals surface area contributed by atoms with E-state index in [0.29, 0.717) is 21.9 Å². The molecule has 14 nitrogen and oxygen atoms in total. The zero-order chi connectivity index (χ0) is 41.8. The highest BCUT2D eigenvalue weighted by Crippen LogP contribution is 2.48. The molecular formula is C44H44N6O8. The van der Waals surface area contributed by atoms with Gasteiger partial charge < -0.3 is 29.6 Å². The number of nitrogens with one attached hydrogen (secondary N) is 4. The van der Waals surface area contributed by atoms with Crippen molar-refractivity contribution in [3.8, 4) is 22.6 Å². The molecule has 6 rings (SSSR count). The largest absolute Gasteiger partial charge is 0.495 e. The molecule has 0 aliphatic carbocycles. The summed E-state index contributed by atoms with van der Waals surface area (Å²) < 4.78 is 22.8. The number of methoxy groups -OCH3 is 2. The zero-order valence-electron chi connectivity index (χ0n) is 33.4. The molecular weight excluding hydrogens is 741 g/mol. The zero-order valence-corrected chi connectivity index (χ0v) is 33.4. The Bertz CT molecular complexity index is 2380. The molecule has 0 aliphatic rings. The molecule has 0 unspecified atom stereocenters. The van der Waals surface area contributed by atoms with Gasteiger partial charge in [-0.05, 0) is 99.5 Å². The molecule has 0 bridgehead atoms. The lowest BCUT2D eigenvalue weighted by atomic mass is 9.88. The van der Waals surface area contributed by atoms with E-state index < -0.39 is 35.2 Å². The maximum atomic E-state index is 14.2. The van der Waals surface area contributed by atoms with Gasteiger partial charge in [0.05, 0.1) is 25.3 Å². The summed E-state index contributed by atoms with van der Waals surface area (Å²) in [6, 6.07) is 28.0. The molecule has 0 aliphatic heterocycles. The normalized spacial score (nSPS) is 11.4. The first-order valence-corrected chi connectivity index (χ1v) is 18.3. The second kappa shape index (κ2) is 16.5. The molecule has 4 N–H and O–H groups in total. The number of hydrogen-bond acceptors (Lipinski definition) is 10. The van der Waals surface area contributed by atoms with Crippen LogP contribution in [0.1, 0.15) is 62.3 Å². The average Bonchev–Trinajstić information content (AvgIpc) is 3.15. The molecule has 4 aromatic carbocycles. The molecule has 0 radical (unpaired) electrons. The highest BCUT2D eigenvalue weighted by molar-refractivity contribution is 6.19. The number of anilines is 4. The Labute approximate surface area is 335 Å². The number of pyridine rings is 2. The highest BCUT2D eigenvalue weighted by atomic mass is 16.6. The van der Waals surface area contributed by atoms with E-state index in [2.05, 4.69) is 31.2 Å². The van der Waals surface area contributed by atoms with Crippen LogP contribution >= 0.6 is 0 Å². The van der Waals surface area contributed by atoms with Crippen LogP contribution in [0.25, 0.3) is 32.7 Å². The second-order valence-corrected chi connectivity index (χ2v) is 15.1. The molecule has 298 valence electrons. The first-order valence-electron chi connectivity index (χ1n) is 18.3. The van der Waals surface area contributed by atoms with Crippen LogP contribution in [0.5, 0.6) is 11.5 Å². The van der Waals surface area contributed by atoms with Crippen LogP contribution in [0.3, 0.4) is 0 Å². The Morgan fingerprint density at radius 3 is 1.17 bits per heavy atom. The molecule has 2 heterocycles. The summed E-state index contributed by atoms with van der Waals surface area (Å²) in [6.45, 7) is 10.5. The topological polar surface area (TPSA) is 179 Å². The number of benzene rings is 4. The highest BCUT2D eigenvalue weighted by Gasteiger charge is 2.28. The molecule has 0 fully saturated rings. The van der Waals surface area contributed by atoms with Crippen molar-refractivity contribution in [1.29, 1.82) is 0 Å². The van der Waals surface area contributed by atoms with Crippen LogP contribution in [0, 0.1) is 0 Å². The van der Waals surface area contributed by atoms with Crippen molar-refractivity contribution >= 4 is 68.8 Å². The van der Waals surface area contributed by atoms with E-state index in [9.17, 15) is 19.2 Å². The van der Waals surface area contributed by atoms with Gasteiger partial charge in [0.1, 0.15) is 46.0 Å². The maximum absolute atomic E-state index is 14.2. The monoisotopic (exact) mass is 784 g/mol. The fourth-order valence-electron chi connectivity index (χ4n) is 6.25. The van der Waals surface area contributed by atoms with Gasteiger partial charge in [0.25, 0.3) is 11.8 Å². The van der Waals surface area contributed by atoms with E-state index >= 15 is 0 Å². The van der Waals surface area contributed by atoms with Crippen molar-refractivity contribution in [1.82, 2.24) is 9.97 Å². The van der Waals surface area contributed by atoms with Crippen molar-refractivity contribution in [3.05, 3.63) is 108 Å². The van der Waals surface area contributed by atoms with Crippen molar-refractivity contribution < 1.29 is 38.1 Å². The SMILES string of the molecule is COc1c(C(=O)Nc2cccc(NC(=O)OC(C)(C)C)n2)cc2ccccc2c1-c1c(OC)c(C(=O)Nc2cccc(NC(=O)OC(C)(C)C)n2)cc2ccccc12. The number of ether oxygens (including phenoxy) is 4. The Balaban J connectivity index is 1.43. The third-order valence-corrected chi connectivity index (χ3v) is 8.39. The summed E-state index contributed by atoms with van der Waals surface area (Å²) in [6.07, 6.45) is -1.39. The number of carbonyl (C=O) groups is 4. The minimum absolute atomic E-state index is 0.163. The van der Waals surface area contributed by atoms with E-state index in [-0.39, 0.29) is 45.9 Å². The molecule has 4 amide bonds. The first-order chi connectivity index (χ1) is 27.5. The van der Waals surface area contributed by atoms with Gasteiger partial charge >= 0.3 is 12.2 Å². The standard InChI is InChI=1S/C44H44N6O8/c1-43(2,3)57-41(53)49-33-21-13-19-31(45-33)47-39(51)29-23-25-15-9-11-17-27(25)35(37(29)55-7)36-28-18-12-10-16-26(28)24-30(38(36)56-8)40(52)48-32-20-14-22-34(46-32)50-42(54)58-44(4,5)6/h9-24H,1-8H3,(H2,45,47,49,51,53)(H2,46,48,50,52,54). The molecule has 0 saturated heterocycles. The van der Waals surface area contributed by atoms with Crippen molar-refractivity contribution in [3.63, 3.8) is 0 Å². The number of rotatable bonds is 9. The fraction of sp³-hybridized carbons (Fsp3) is 0.227. The molecule has 58 heavy (non-hydrogen) atoms. The van der Waals surface area contributed by atoms with Gasteiger partial charge in [0, 0.05) is 11.1 Å². The van der Waals surface area contributed by atoms with Gasteiger partial charge in [-0.1, -0.05) is 60.7 Å². The minimum atomic E-state index is -0.719. The summed E-state index contributed by atoms with van der Waals surface area (Å²) in [5.74, 6) is -0.00286. The first kappa shape index (κ1) is 40.4. The van der Waals surface area contributed by atoms with Crippen molar-refractivity contribution in [2.24, 2.45) is 0 Å². The second-order valence-electron chi connectivity index (χ2n) is 15.1. The third kappa shape index (κ3) is 9.41. The Morgan fingerprint density at radius 1 is 0.483 bits per heavy atom. The summed E-state index contributed by atoms with van der Waals surface area (Å²) in [5, 5.41) is 13.7. The summed E-state index contributed by atoms with van der Waals surface area (Å²) in [5.41, 5.74) is -0.0934. The van der Waals surface area contributed by atoms with Crippen LogP contribution in [0.15, 0.2) is 97.1 Å². The summed E-state index contributed by atoms with van der Waals surface area (Å²) in [4.78, 5) is 62.1. The predicted octanol–water partition coefficient (Wildman–Crippen LogP) is 9.67. The number of hydrogen-bond donors (Lipinski definition) is 4. The van der Waals surface area contributed by atoms with Crippen LogP contribution in [-0.2, 0) is 9.47 Å². The molecule has 14 heteroatoms. The minimum Gasteiger partial charge on any atom is -0.495 e. The molecule has 0 saturated carbocycles. The van der Waals surface area contributed by atoms with E-state index in [0.717, 1.165) is 10.8 Å².